The largest absolute Gasteiger partial charge is 0.328 e. The molecule has 5 nitrogen and oxygen atoms in total. The highest BCUT2D eigenvalue weighted by atomic mass is 35.5. The lowest BCUT2D eigenvalue weighted by atomic mass is 9.82. The molecular weight excluding hydrogens is 218 g/mol. The molecule has 0 unspecified atom stereocenters. The number of rotatable bonds is 2. The molecule has 15 heavy (non-hydrogen) atoms. The Morgan fingerprint density at radius 3 is 2.33 bits per heavy atom. The number of imide groups is 1. The van der Waals surface area contributed by atoms with Crippen LogP contribution in [0, 0.1) is 5.92 Å². The summed E-state index contributed by atoms with van der Waals surface area (Å²) in [5.74, 6) is -0.0455. The number of urea groups is 1. The molecule has 2 rings (SSSR count). The molecule has 1 saturated carbocycles. The molecule has 2 aliphatic rings. The van der Waals surface area contributed by atoms with Gasteiger partial charge in [0.25, 0.3) is 5.91 Å². The molecule has 4 N–H and O–H groups in total. The smallest absolute Gasteiger partial charge is 0.322 e. The first-order chi connectivity index (χ1) is 6.69. The molecule has 3 amide bonds. The number of carbonyl (C=O) groups is 2. The Bertz CT molecular complexity index is 279. The van der Waals surface area contributed by atoms with E-state index in [1.54, 1.807) is 0 Å². The molecule has 1 aliphatic heterocycles. The molecule has 0 aromatic carbocycles. The first-order valence-corrected chi connectivity index (χ1v) is 5.03. The predicted molar refractivity (Wildman–Crippen MR) is 57.7 cm³/mol. The molecule has 86 valence electrons. The van der Waals surface area contributed by atoms with Crippen molar-refractivity contribution in [3.63, 3.8) is 0 Å². The Balaban J connectivity index is 0.00000112. The Kier molecular flexibility index (Phi) is 3.57. The minimum Gasteiger partial charge on any atom is -0.328 e. The minimum absolute atomic E-state index is 0. The summed E-state index contributed by atoms with van der Waals surface area (Å²) in [4.78, 5) is 22.7. The van der Waals surface area contributed by atoms with Gasteiger partial charge in [-0.15, -0.1) is 12.4 Å². The Labute approximate surface area is 94.6 Å². The highest BCUT2D eigenvalue weighted by Crippen LogP contribution is 2.35. The minimum atomic E-state index is -0.826. The monoisotopic (exact) mass is 233 g/mol. The molecule has 1 atom stereocenters. The zero-order chi connectivity index (χ0) is 10.2. The maximum absolute atomic E-state index is 11.7. The summed E-state index contributed by atoms with van der Waals surface area (Å²) in [5, 5.41) is 4.95. The highest BCUT2D eigenvalue weighted by molar-refractivity contribution is 6.07. The lowest BCUT2D eigenvalue weighted by molar-refractivity contribution is -0.125. The summed E-state index contributed by atoms with van der Waals surface area (Å²) in [7, 11) is 0. The van der Waals surface area contributed by atoms with E-state index in [2.05, 4.69) is 10.6 Å². The Morgan fingerprint density at radius 1 is 1.33 bits per heavy atom. The van der Waals surface area contributed by atoms with Crippen molar-refractivity contribution >= 4 is 24.3 Å². The quantitative estimate of drug-likeness (QED) is 0.593. The topological polar surface area (TPSA) is 84.2 Å². The zero-order valence-corrected chi connectivity index (χ0v) is 9.23. The van der Waals surface area contributed by atoms with Gasteiger partial charge < -0.3 is 11.1 Å². The number of nitrogens with two attached hydrogens (primary N) is 1. The third-order valence-electron chi connectivity index (χ3n) is 3.34. The molecule has 0 spiro atoms. The summed E-state index contributed by atoms with van der Waals surface area (Å²) in [6.45, 7) is 0.190. The number of carbonyl (C=O) groups excluding carboxylic acids is 2. The van der Waals surface area contributed by atoms with Crippen LogP contribution in [0.25, 0.3) is 0 Å². The van der Waals surface area contributed by atoms with E-state index in [4.69, 9.17) is 5.73 Å². The van der Waals surface area contributed by atoms with Gasteiger partial charge >= 0.3 is 6.03 Å². The number of hydrogen-bond acceptors (Lipinski definition) is 3. The third kappa shape index (κ3) is 1.81. The Hall–Kier alpha value is -0.810. The average Bonchev–Trinajstić information content (AvgIpc) is 2.73. The van der Waals surface area contributed by atoms with Crippen LogP contribution in [-0.4, -0.2) is 24.0 Å². The summed E-state index contributed by atoms with van der Waals surface area (Å²) >= 11 is 0. The van der Waals surface area contributed by atoms with Crippen LogP contribution < -0.4 is 16.4 Å². The van der Waals surface area contributed by atoms with Crippen LogP contribution in [0.4, 0.5) is 4.79 Å². The van der Waals surface area contributed by atoms with Crippen molar-refractivity contribution in [2.24, 2.45) is 11.7 Å². The van der Waals surface area contributed by atoms with E-state index in [-0.39, 0.29) is 30.8 Å². The average molecular weight is 234 g/mol. The lowest BCUT2D eigenvalue weighted by Gasteiger charge is -2.30. The second-order valence-electron chi connectivity index (χ2n) is 4.07. The van der Waals surface area contributed by atoms with E-state index in [1.807, 2.05) is 0 Å². The Morgan fingerprint density at radius 2 is 1.93 bits per heavy atom. The van der Waals surface area contributed by atoms with Crippen molar-refractivity contribution < 1.29 is 9.59 Å². The van der Waals surface area contributed by atoms with E-state index in [0.717, 1.165) is 25.7 Å². The highest BCUT2D eigenvalue weighted by Gasteiger charge is 2.51. The van der Waals surface area contributed by atoms with Gasteiger partial charge in [0.15, 0.2) is 0 Å². The van der Waals surface area contributed by atoms with Crippen molar-refractivity contribution in [2.45, 2.75) is 31.2 Å². The molecule has 0 aromatic heterocycles. The van der Waals surface area contributed by atoms with Crippen molar-refractivity contribution in [1.29, 1.82) is 0 Å². The van der Waals surface area contributed by atoms with Gasteiger partial charge in [0.05, 0.1) is 0 Å². The van der Waals surface area contributed by atoms with Crippen molar-refractivity contribution in [3.8, 4) is 0 Å². The van der Waals surface area contributed by atoms with Crippen LogP contribution in [0.5, 0.6) is 0 Å². The van der Waals surface area contributed by atoms with Crippen molar-refractivity contribution in [2.75, 3.05) is 6.54 Å². The van der Waals surface area contributed by atoms with Gasteiger partial charge in [-0.2, -0.15) is 0 Å². The summed E-state index contributed by atoms with van der Waals surface area (Å²) in [6.07, 6.45) is 4.20. The van der Waals surface area contributed by atoms with Gasteiger partial charge in [0.1, 0.15) is 5.54 Å². The molecule has 6 heteroatoms. The van der Waals surface area contributed by atoms with Gasteiger partial charge in [-0.1, -0.05) is 12.8 Å². The lowest BCUT2D eigenvalue weighted by Crippen LogP contribution is -2.57. The number of amides is 3. The fraction of sp³-hybridized carbons (Fsp3) is 0.778. The molecule has 0 radical (unpaired) electrons. The van der Waals surface area contributed by atoms with Crippen LogP contribution in [0.1, 0.15) is 25.7 Å². The molecular formula is C9H16ClN3O2. The molecule has 1 heterocycles. The molecule has 0 bridgehead atoms. The third-order valence-corrected chi connectivity index (χ3v) is 3.34. The summed E-state index contributed by atoms with van der Waals surface area (Å²) in [6, 6.07) is -0.410. The predicted octanol–water partition coefficient (Wildman–Crippen LogP) is 0.135. The number of nitrogens with one attached hydrogen (secondary N) is 2. The van der Waals surface area contributed by atoms with E-state index in [9.17, 15) is 9.59 Å². The van der Waals surface area contributed by atoms with Crippen LogP contribution >= 0.6 is 12.4 Å². The van der Waals surface area contributed by atoms with E-state index in [1.165, 1.54) is 0 Å². The van der Waals surface area contributed by atoms with Crippen LogP contribution in [-0.2, 0) is 4.79 Å². The van der Waals surface area contributed by atoms with Gasteiger partial charge in [-0.3, -0.25) is 10.1 Å². The van der Waals surface area contributed by atoms with Crippen molar-refractivity contribution in [1.82, 2.24) is 10.6 Å². The van der Waals surface area contributed by atoms with Crippen LogP contribution in [0.2, 0.25) is 0 Å². The molecule has 2 fully saturated rings. The first kappa shape index (κ1) is 12.3. The maximum Gasteiger partial charge on any atom is 0.322 e. The zero-order valence-electron chi connectivity index (χ0n) is 8.41. The second kappa shape index (κ2) is 4.37. The molecule has 1 saturated heterocycles. The standard InChI is InChI=1S/C9H15N3O2.ClH/c10-5-9(6-3-1-2-4-6)7(13)11-8(14)12-9;/h6H,1-5,10H2,(H2,11,12,13,14);1H/t9-;/m0./s1. The second-order valence-corrected chi connectivity index (χ2v) is 4.07. The SMILES string of the molecule is Cl.NC[C@@]1(C2CCCC2)NC(=O)NC1=O. The maximum atomic E-state index is 11.7. The molecule has 0 aromatic rings. The number of halogens is 1. The first-order valence-electron chi connectivity index (χ1n) is 5.03. The fourth-order valence-corrected chi connectivity index (χ4v) is 2.52. The molecule has 1 aliphatic carbocycles. The van der Waals surface area contributed by atoms with E-state index in [0.29, 0.717) is 0 Å². The van der Waals surface area contributed by atoms with Crippen LogP contribution in [0.3, 0.4) is 0 Å². The summed E-state index contributed by atoms with van der Waals surface area (Å²) < 4.78 is 0. The summed E-state index contributed by atoms with van der Waals surface area (Å²) in [5.41, 5.74) is 4.80. The van der Waals surface area contributed by atoms with E-state index >= 15 is 0 Å². The van der Waals surface area contributed by atoms with E-state index < -0.39 is 11.6 Å². The number of hydrogen-bond donors (Lipinski definition) is 3. The fourth-order valence-electron chi connectivity index (χ4n) is 2.52. The van der Waals surface area contributed by atoms with Gasteiger partial charge in [0.2, 0.25) is 0 Å². The van der Waals surface area contributed by atoms with Gasteiger partial charge in [-0.05, 0) is 18.8 Å². The van der Waals surface area contributed by atoms with Crippen molar-refractivity contribution in [3.05, 3.63) is 0 Å². The van der Waals surface area contributed by atoms with Gasteiger partial charge in [-0.25, -0.2) is 4.79 Å². The normalized spacial score (nSPS) is 31.0. The van der Waals surface area contributed by atoms with Crippen LogP contribution in [0.15, 0.2) is 0 Å². The van der Waals surface area contributed by atoms with Gasteiger partial charge in [0, 0.05) is 6.54 Å².